The number of alkyl halides is 3. The smallest absolute Gasteiger partial charge is 0.352 e. The molecule has 1 amide bonds. The van der Waals surface area contributed by atoms with Crippen LogP contribution in [0.3, 0.4) is 0 Å². The molecule has 1 aliphatic carbocycles. The van der Waals surface area contributed by atoms with E-state index in [1.807, 2.05) is 0 Å². The summed E-state index contributed by atoms with van der Waals surface area (Å²) in [4.78, 5) is 12.4. The van der Waals surface area contributed by atoms with Gasteiger partial charge in [-0.15, -0.1) is 0 Å². The third-order valence-electron chi connectivity index (χ3n) is 5.19. The molecule has 0 heterocycles. The largest absolute Gasteiger partial charge is 0.416 e. The Morgan fingerprint density at radius 1 is 1.06 bits per heavy atom. The Kier molecular flexibility index (Phi) is 6.80. The van der Waals surface area contributed by atoms with E-state index in [-0.39, 0.29) is 17.5 Å². The number of carbonyl (C=O) groups excluding carboxylic acids is 1. The molecule has 9 heteroatoms. The molecule has 1 aliphatic rings. The molecule has 2 aromatic carbocycles. The zero-order valence-corrected chi connectivity index (χ0v) is 18.6. The molecule has 2 N–H and O–H groups in total. The summed E-state index contributed by atoms with van der Waals surface area (Å²) in [5, 5.41) is 2.70. The van der Waals surface area contributed by atoms with Gasteiger partial charge in [0.05, 0.1) is 10.5 Å². The van der Waals surface area contributed by atoms with Crippen LogP contribution in [0.2, 0.25) is 0 Å². The van der Waals surface area contributed by atoms with Gasteiger partial charge in [0.15, 0.2) is 0 Å². The Labute approximate surface area is 185 Å². The minimum absolute atomic E-state index is 0.0171. The Morgan fingerprint density at radius 3 is 2.28 bits per heavy atom. The zero-order chi connectivity index (χ0) is 23.6. The Bertz CT molecular complexity index is 1100. The first kappa shape index (κ1) is 24.0. The average Bonchev–Trinajstić information content (AvgIpc) is 3.54. The Balaban J connectivity index is 1.58. The highest BCUT2D eigenvalue weighted by molar-refractivity contribution is 7.89. The first-order valence-corrected chi connectivity index (χ1v) is 11.6. The SMILES string of the molecule is CC(C)(CNC(=O)/C=C/c1ccc(S(=O)(=O)NC2CC2)cc1)c1cccc(C(F)(F)F)c1. The maximum Gasteiger partial charge on any atom is 0.416 e. The van der Waals surface area contributed by atoms with Crippen LogP contribution in [0.5, 0.6) is 0 Å². The lowest BCUT2D eigenvalue weighted by Crippen LogP contribution is -2.36. The van der Waals surface area contributed by atoms with Gasteiger partial charge in [-0.3, -0.25) is 4.79 Å². The monoisotopic (exact) mass is 466 g/mol. The fourth-order valence-corrected chi connectivity index (χ4v) is 4.31. The molecule has 0 radical (unpaired) electrons. The molecule has 0 saturated heterocycles. The molecule has 0 bridgehead atoms. The van der Waals surface area contributed by atoms with Crippen LogP contribution < -0.4 is 10.0 Å². The summed E-state index contributed by atoms with van der Waals surface area (Å²) in [6.07, 6.45) is 0.103. The van der Waals surface area contributed by atoms with E-state index in [1.165, 1.54) is 30.4 Å². The van der Waals surface area contributed by atoms with Crippen molar-refractivity contribution in [3.05, 3.63) is 71.3 Å². The molecule has 0 unspecified atom stereocenters. The number of benzene rings is 2. The van der Waals surface area contributed by atoms with E-state index in [9.17, 15) is 26.4 Å². The van der Waals surface area contributed by atoms with Gasteiger partial charge < -0.3 is 5.32 Å². The van der Waals surface area contributed by atoms with Crippen LogP contribution in [0.1, 0.15) is 43.4 Å². The highest BCUT2D eigenvalue weighted by atomic mass is 32.2. The van der Waals surface area contributed by atoms with Crippen molar-refractivity contribution in [1.29, 1.82) is 0 Å². The second kappa shape index (κ2) is 9.07. The summed E-state index contributed by atoms with van der Waals surface area (Å²) in [6.45, 7) is 3.64. The van der Waals surface area contributed by atoms with Gasteiger partial charge in [-0.05, 0) is 48.2 Å². The molecule has 3 rings (SSSR count). The van der Waals surface area contributed by atoms with E-state index >= 15 is 0 Å². The molecular weight excluding hydrogens is 441 g/mol. The molecule has 5 nitrogen and oxygen atoms in total. The van der Waals surface area contributed by atoms with Gasteiger partial charge >= 0.3 is 6.18 Å². The van der Waals surface area contributed by atoms with E-state index < -0.39 is 33.1 Å². The van der Waals surface area contributed by atoms with Crippen LogP contribution in [0.4, 0.5) is 13.2 Å². The second-order valence-electron chi connectivity index (χ2n) is 8.48. The van der Waals surface area contributed by atoms with Crippen molar-refractivity contribution in [3.63, 3.8) is 0 Å². The maximum absolute atomic E-state index is 13.0. The molecular formula is C23H25F3N2O3S. The van der Waals surface area contributed by atoms with E-state index in [0.717, 1.165) is 25.0 Å². The van der Waals surface area contributed by atoms with Crippen LogP contribution in [-0.2, 0) is 26.4 Å². The van der Waals surface area contributed by atoms with Crippen molar-refractivity contribution in [2.75, 3.05) is 6.54 Å². The number of halogens is 3. The second-order valence-corrected chi connectivity index (χ2v) is 10.2. The fourth-order valence-electron chi connectivity index (χ4n) is 3.00. The van der Waals surface area contributed by atoms with Crippen molar-refractivity contribution in [2.24, 2.45) is 0 Å². The topological polar surface area (TPSA) is 75.3 Å². The number of sulfonamides is 1. The lowest BCUT2D eigenvalue weighted by atomic mass is 9.83. The summed E-state index contributed by atoms with van der Waals surface area (Å²) in [5.74, 6) is -0.405. The van der Waals surface area contributed by atoms with Crippen molar-refractivity contribution >= 4 is 22.0 Å². The van der Waals surface area contributed by atoms with Crippen LogP contribution in [0, 0.1) is 0 Å². The third kappa shape index (κ3) is 6.43. The fraction of sp³-hybridized carbons (Fsp3) is 0.348. The minimum Gasteiger partial charge on any atom is -0.352 e. The maximum atomic E-state index is 13.0. The van der Waals surface area contributed by atoms with Gasteiger partial charge in [0.1, 0.15) is 0 Å². The molecule has 172 valence electrons. The van der Waals surface area contributed by atoms with Crippen LogP contribution in [-0.4, -0.2) is 26.9 Å². The van der Waals surface area contributed by atoms with Gasteiger partial charge in [-0.25, -0.2) is 13.1 Å². The minimum atomic E-state index is -4.43. The number of nitrogens with one attached hydrogen (secondary N) is 2. The summed E-state index contributed by atoms with van der Waals surface area (Å²) in [5.41, 5.74) is -0.335. The normalized spacial score (nSPS) is 15.2. The van der Waals surface area contributed by atoms with Gasteiger partial charge in [-0.1, -0.05) is 44.2 Å². The number of hydrogen-bond donors (Lipinski definition) is 2. The number of hydrogen-bond acceptors (Lipinski definition) is 3. The summed E-state index contributed by atoms with van der Waals surface area (Å²) >= 11 is 0. The van der Waals surface area contributed by atoms with Crippen molar-refractivity contribution in [3.8, 4) is 0 Å². The van der Waals surface area contributed by atoms with Gasteiger partial charge in [0.2, 0.25) is 15.9 Å². The van der Waals surface area contributed by atoms with Gasteiger partial charge in [0, 0.05) is 24.1 Å². The Morgan fingerprint density at radius 2 is 1.69 bits per heavy atom. The van der Waals surface area contributed by atoms with Gasteiger partial charge in [-0.2, -0.15) is 13.2 Å². The lowest BCUT2D eigenvalue weighted by Gasteiger charge is -2.26. The average molecular weight is 467 g/mol. The van der Waals surface area contributed by atoms with Gasteiger partial charge in [0.25, 0.3) is 0 Å². The van der Waals surface area contributed by atoms with Crippen molar-refractivity contribution in [1.82, 2.24) is 10.0 Å². The quantitative estimate of drug-likeness (QED) is 0.571. The molecule has 1 fully saturated rings. The van der Waals surface area contributed by atoms with Crippen LogP contribution >= 0.6 is 0 Å². The van der Waals surface area contributed by atoms with Crippen LogP contribution in [0.25, 0.3) is 6.08 Å². The molecule has 0 atom stereocenters. The van der Waals surface area contributed by atoms with E-state index in [4.69, 9.17) is 0 Å². The standard InChI is InChI=1S/C23H25F3N2O3S/c1-22(2,17-4-3-5-18(14-17)23(24,25)26)15-27-21(29)13-8-16-6-11-20(12-7-16)32(30,31)28-19-9-10-19/h3-8,11-14,19,28H,9-10,15H2,1-2H3,(H,27,29)/b13-8+. The predicted molar refractivity (Wildman–Crippen MR) is 116 cm³/mol. The molecule has 1 saturated carbocycles. The molecule has 0 aromatic heterocycles. The summed E-state index contributed by atoms with van der Waals surface area (Å²) in [7, 11) is -3.53. The molecule has 0 aliphatic heterocycles. The molecule has 0 spiro atoms. The Hall–Kier alpha value is -2.65. The highest BCUT2D eigenvalue weighted by Crippen LogP contribution is 2.32. The molecule has 2 aromatic rings. The predicted octanol–water partition coefficient (Wildman–Crippen LogP) is 4.25. The van der Waals surface area contributed by atoms with Crippen molar-refractivity contribution < 1.29 is 26.4 Å². The summed E-state index contributed by atoms with van der Waals surface area (Å²) in [6, 6.07) is 11.2. The summed E-state index contributed by atoms with van der Waals surface area (Å²) < 4.78 is 65.8. The zero-order valence-electron chi connectivity index (χ0n) is 17.7. The third-order valence-corrected chi connectivity index (χ3v) is 6.73. The number of carbonyl (C=O) groups is 1. The van der Waals surface area contributed by atoms with E-state index in [2.05, 4.69) is 10.0 Å². The van der Waals surface area contributed by atoms with E-state index in [0.29, 0.717) is 11.1 Å². The first-order valence-electron chi connectivity index (χ1n) is 10.1. The van der Waals surface area contributed by atoms with E-state index in [1.54, 1.807) is 32.0 Å². The number of rotatable bonds is 8. The number of amides is 1. The first-order chi connectivity index (χ1) is 14.9. The highest BCUT2D eigenvalue weighted by Gasteiger charge is 2.32. The van der Waals surface area contributed by atoms with Crippen LogP contribution in [0.15, 0.2) is 59.5 Å². The molecule has 32 heavy (non-hydrogen) atoms. The van der Waals surface area contributed by atoms with Crippen molar-refractivity contribution in [2.45, 2.75) is 49.2 Å². The lowest BCUT2D eigenvalue weighted by molar-refractivity contribution is -0.137.